The number of unbranched alkanes of at least 4 members (excludes halogenated alkanes) is 2. The third kappa shape index (κ3) is 18.8. The summed E-state index contributed by atoms with van der Waals surface area (Å²) in [6, 6.07) is 15.0. The van der Waals surface area contributed by atoms with Crippen LogP contribution in [0.4, 0.5) is 15.3 Å². The third-order valence-corrected chi connectivity index (χ3v) is 9.09. The normalized spacial score (nSPS) is 12.0. The van der Waals surface area contributed by atoms with Crippen LogP contribution >= 0.6 is 0 Å². The number of likely N-dealkylation sites (N-methyl/N-ethyl adjacent to an activating group) is 2. The number of hydrogen-bond acceptors (Lipinski definition) is 12. The highest BCUT2D eigenvalue weighted by Crippen LogP contribution is 2.12. The van der Waals surface area contributed by atoms with E-state index in [-0.39, 0.29) is 68.5 Å². The van der Waals surface area contributed by atoms with Crippen LogP contribution in [-0.2, 0) is 54.4 Å². The van der Waals surface area contributed by atoms with E-state index in [1.807, 2.05) is 0 Å². The molecule has 2 aromatic carbocycles. The maximum Gasteiger partial charge on any atom is 0.409 e. The number of Topliss-reactive ketones (excluding diaryl/α,β-unsaturated/α-hetero) is 1. The standard InChI is InChI=1S/C43H54N8O12/c1-29(2)34(52)28-63-43(61)50(4)22-21-49(3)42(60)62-27-31-14-16-32(17-15-31)47-37(55)26-46-41(59)33(23-30-11-7-5-8-12-30)48-38(56)25-45-36(54)24-44-35(53)13-9-6-10-20-51-39(57)18-19-40(51)58/h5,7-8,11-12,14-19,23,29H,6,9-10,13,20-22,24-28H2,1-4H3,(H,44,53)(H,45,54)(H,46,59)(H,47,55)(H,48,56)/b33-23-. The topological polar surface area (TPSA) is 259 Å². The molecule has 20 nitrogen and oxygen atoms in total. The highest BCUT2D eigenvalue weighted by atomic mass is 16.6. The minimum absolute atomic E-state index is 0.0821. The average molecular weight is 875 g/mol. The summed E-state index contributed by atoms with van der Waals surface area (Å²) in [5.74, 6) is -4.36. The van der Waals surface area contributed by atoms with Gasteiger partial charge in [0, 0.05) is 63.9 Å². The van der Waals surface area contributed by atoms with Gasteiger partial charge in [0.15, 0.2) is 12.4 Å². The van der Waals surface area contributed by atoms with Gasteiger partial charge in [0.1, 0.15) is 12.3 Å². The van der Waals surface area contributed by atoms with E-state index < -0.39 is 61.4 Å². The van der Waals surface area contributed by atoms with Crippen molar-refractivity contribution in [3.8, 4) is 0 Å². The molecule has 0 saturated carbocycles. The lowest BCUT2D eigenvalue weighted by molar-refractivity contribution is -0.137. The summed E-state index contributed by atoms with van der Waals surface area (Å²) in [6.45, 7) is 2.14. The van der Waals surface area contributed by atoms with Crippen LogP contribution in [-0.4, -0.2) is 134 Å². The van der Waals surface area contributed by atoms with Gasteiger partial charge in [-0.25, -0.2) is 9.59 Å². The van der Waals surface area contributed by atoms with Gasteiger partial charge >= 0.3 is 12.2 Å². The Balaban J connectivity index is 1.38. The Labute approximate surface area is 364 Å². The highest BCUT2D eigenvalue weighted by molar-refractivity contribution is 6.12. The maximum atomic E-state index is 13.1. The number of ketones is 1. The van der Waals surface area contributed by atoms with Crippen molar-refractivity contribution in [3.05, 3.63) is 83.6 Å². The Hall–Kier alpha value is -7.38. The number of carbonyl (C=O) groups is 10. The molecule has 2 aromatic rings. The smallest absolute Gasteiger partial charge is 0.409 e. The Kier molecular flexibility index (Phi) is 20.7. The Morgan fingerprint density at radius 2 is 1.27 bits per heavy atom. The quantitative estimate of drug-likeness (QED) is 0.0571. The number of imide groups is 1. The lowest BCUT2D eigenvalue weighted by atomic mass is 10.1. The highest BCUT2D eigenvalue weighted by Gasteiger charge is 2.22. The average Bonchev–Trinajstić information content (AvgIpc) is 3.59. The molecule has 9 amide bonds. The van der Waals surface area contributed by atoms with Crippen LogP contribution in [0.1, 0.15) is 50.7 Å². The molecule has 5 N–H and O–H groups in total. The third-order valence-electron chi connectivity index (χ3n) is 9.09. The van der Waals surface area contributed by atoms with Gasteiger partial charge in [0.05, 0.1) is 19.6 Å². The van der Waals surface area contributed by atoms with Gasteiger partial charge in [-0.05, 0) is 42.2 Å². The molecule has 3 rings (SSSR count). The fraction of sp³-hybridized carbons (Fsp3) is 0.395. The van der Waals surface area contributed by atoms with Crippen LogP contribution in [0, 0.1) is 5.92 Å². The maximum absolute atomic E-state index is 13.1. The molecule has 1 aliphatic rings. The summed E-state index contributed by atoms with van der Waals surface area (Å²) in [5, 5.41) is 12.4. The minimum atomic E-state index is -0.789. The number of nitrogens with zero attached hydrogens (tertiary/aromatic N) is 3. The summed E-state index contributed by atoms with van der Waals surface area (Å²) < 4.78 is 10.3. The number of anilines is 1. The van der Waals surface area contributed by atoms with Gasteiger partial charge in [-0.3, -0.25) is 43.3 Å². The van der Waals surface area contributed by atoms with Crippen LogP contribution in [0.25, 0.3) is 6.08 Å². The van der Waals surface area contributed by atoms with Crippen molar-refractivity contribution in [1.82, 2.24) is 36.0 Å². The summed E-state index contributed by atoms with van der Waals surface area (Å²) in [7, 11) is 2.98. The monoisotopic (exact) mass is 874 g/mol. The minimum Gasteiger partial charge on any atom is -0.445 e. The van der Waals surface area contributed by atoms with E-state index in [9.17, 15) is 47.9 Å². The van der Waals surface area contributed by atoms with E-state index in [2.05, 4.69) is 26.6 Å². The van der Waals surface area contributed by atoms with Gasteiger partial charge in [-0.1, -0.05) is 62.7 Å². The van der Waals surface area contributed by atoms with E-state index in [1.54, 1.807) is 68.4 Å². The molecule has 1 aliphatic heterocycles. The van der Waals surface area contributed by atoms with Crippen molar-refractivity contribution >= 4 is 71.1 Å². The number of carbonyl (C=O) groups excluding carboxylic acids is 10. The number of rotatable bonds is 24. The zero-order valence-electron chi connectivity index (χ0n) is 35.7. The molecule has 0 unspecified atom stereocenters. The Bertz CT molecular complexity index is 2020. The molecular weight excluding hydrogens is 821 g/mol. The first kappa shape index (κ1) is 50.0. The molecule has 63 heavy (non-hydrogen) atoms. The lowest BCUT2D eigenvalue weighted by Crippen LogP contribution is -2.44. The Morgan fingerprint density at radius 1 is 0.683 bits per heavy atom. The Morgan fingerprint density at radius 3 is 1.90 bits per heavy atom. The molecule has 0 bridgehead atoms. The SMILES string of the molecule is CC(C)C(=O)COC(=O)N(C)CCN(C)C(=O)OCc1ccc(NC(=O)CNC(=O)/C(=C/c2ccccc2)NC(=O)CNC(=O)CNC(=O)CCCCCN2C(=O)C=CC2=O)cc1. The van der Waals surface area contributed by atoms with Crippen molar-refractivity contribution in [3.63, 3.8) is 0 Å². The molecule has 20 heteroatoms. The molecule has 338 valence electrons. The van der Waals surface area contributed by atoms with Crippen LogP contribution in [0.15, 0.2) is 72.4 Å². The molecular formula is C43H54N8O12. The number of ether oxygens (including phenoxy) is 2. The second kappa shape index (κ2) is 26.1. The second-order valence-corrected chi connectivity index (χ2v) is 14.5. The molecule has 0 saturated heterocycles. The van der Waals surface area contributed by atoms with E-state index in [1.165, 1.54) is 42.1 Å². The molecule has 0 fully saturated rings. The van der Waals surface area contributed by atoms with Gasteiger partial charge in [-0.2, -0.15) is 0 Å². The van der Waals surface area contributed by atoms with E-state index >= 15 is 0 Å². The fourth-order valence-corrected chi connectivity index (χ4v) is 5.25. The van der Waals surface area contributed by atoms with Crippen LogP contribution in [0.3, 0.4) is 0 Å². The predicted octanol–water partition coefficient (Wildman–Crippen LogP) is 1.48. The van der Waals surface area contributed by atoms with E-state index in [0.29, 0.717) is 36.1 Å². The van der Waals surface area contributed by atoms with Gasteiger partial charge in [0.2, 0.25) is 23.6 Å². The predicted molar refractivity (Wildman–Crippen MR) is 228 cm³/mol. The zero-order chi connectivity index (χ0) is 46.3. The largest absolute Gasteiger partial charge is 0.445 e. The number of amides is 9. The molecule has 0 aliphatic carbocycles. The number of benzene rings is 2. The van der Waals surface area contributed by atoms with Crippen LogP contribution in [0.5, 0.6) is 0 Å². The first-order valence-corrected chi connectivity index (χ1v) is 20.1. The lowest BCUT2D eigenvalue weighted by Gasteiger charge is -2.21. The van der Waals surface area contributed by atoms with Crippen molar-refractivity contribution in [2.45, 2.75) is 46.1 Å². The van der Waals surface area contributed by atoms with Crippen molar-refractivity contribution < 1.29 is 57.4 Å². The summed E-state index contributed by atoms with van der Waals surface area (Å²) in [6.07, 6.45) is 4.18. The zero-order valence-corrected chi connectivity index (χ0v) is 35.7. The molecule has 1 heterocycles. The molecule has 0 aromatic heterocycles. The first-order valence-electron chi connectivity index (χ1n) is 20.1. The second-order valence-electron chi connectivity index (χ2n) is 14.5. The summed E-state index contributed by atoms with van der Waals surface area (Å²) >= 11 is 0. The van der Waals surface area contributed by atoms with Gasteiger partial charge < -0.3 is 45.9 Å². The van der Waals surface area contributed by atoms with Crippen molar-refractivity contribution in [1.29, 1.82) is 0 Å². The number of nitrogens with one attached hydrogen (secondary N) is 5. The molecule has 0 atom stereocenters. The summed E-state index contributed by atoms with van der Waals surface area (Å²) in [5.41, 5.74) is 1.36. The van der Waals surface area contributed by atoms with E-state index in [4.69, 9.17) is 9.47 Å². The van der Waals surface area contributed by atoms with Crippen LogP contribution < -0.4 is 26.6 Å². The first-order chi connectivity index (χ1) is 30.0. The van der Waals surface area contributed by atoms with Crippen molar-refractivity contribution in [2.75, 3.05) is 65.3 Å². The fourth-order valence-electron chi connectivity index (χ4n) is 5.25. The molecule has 0 radical (unpaired) electrons. The van der Waals surface area contributed by atoms with Gasteiger partial charge in [0.25, 0.3) is 17.7 Å². The van der Waals surface area contributed by atoms with Crippen molar-refractivity contribution in [2.24, 2.45) is 5.92 Å². The molecule has 0 spiro atoms. The number of hydrogen-bond donors (Lipinski definition) is 5. The van der Waals surface area contributed by atoms with Gasteiger partial charge in [-0.15, -0.1) is 0 Å². The van der Waals surface area contributed by atoms with Crippen LogP contribution in [0.2, 0.25) is 0 Å². The van der Waals surface area contributed by atoms with E-state index in [0.717, 1.165) is 4.90 Å². The summed E-state index contributed by atoms with van der Waals surface area (Å²) in [4.78, 5) is 126.